The molecule has 90 valence electrons. The Balaban J connectivity index is 2.03. The summed E-state index contributed by atoms with van der Waals surface area (Å²) in [5.74, 6) is -0.888. The number of benzene rings is 1. The van der Waals surface area contributed by atoms with Crippen LogP contribution in [-0.4, -0.2) is 6.04 Å². The number of furan rings is 1. The molecule has 0 aliphatic heterocycles. The fourth-order valence-electron chi connectivity index (χ4n) is 1.66. The van der Waals surface area contributed by atoms with Crippen molar-refractivity contribution in [1.29, 1.82) is 0 Å². The largest absolute Gasteiger partial charge is 0.469 e. The molecule has 4 heteroatoms. The maximum absolute atomic E-state index is 13.4. The average Bonchev–Trinajstić information content (AvgIpc) is 2.77. The van der Waals surface area contributed by atoms with Crippen LogP contribution >= 0.6 is 0 Å². The van der Waals surface area contributed by atoms with Gasteiger partial charge in [-0.2, -0.15) is 0 Å². The van der Waals surface area contributed by atoms with E-state index in [9.17, 15) is 8.78 Å². The van der Waals surface area contributed by atoms with Crippen LogP contribution in [0.25, 0.3) is 0 Å². The van der Waals surface area contributed by atoms with Crippen molar-refractivity contribution in [2.75, 3.05) is 5.32 Å². The number of anilines is 1. The zero-order chi connectivity index (χ0) is 12.3. The molecule has 0 fully saturated rings. The normalized spacial score (nSPS) is 12.4. The van der Waals surface area contributed by atoms with E-state index in [1.807, 2.05) is 13.0 Å². The van der Waals surface area contributed by atoms with E-state index in [1.54, 1.807) is 12.3 Å². The van der Waals surface area contributed by atoms with E-state index in [0.717, 1.165) is 11.8 Å². The van der Waals surface area contributed by atoms with Crippen molar-refractivity contribution in [3.05, 3.63) is 54.0 Å². The van der Waals surface area contributed by atoms with Gasteiger partial charge in [-0.05, 0) is 31.2 Å². The molecule has 1 N–H and O–H groups in total. The molecular formula is C13H13F2NO. The third-order valence-electron chi connectivity index (χ3n) is 2.44. The second-order valence-electron chi connectivity index (χ2n) is 3.93. The standard InChI is InChI=1S/C13H13F2NO/c1-9(8-10-4-3-7-17-10)16-12-6-2-5-11(14)13(12)15/h2-7,9,16H,8H2,1H3. The monoisotopic (exact) mass is 237 g/mol. The molecule has 0 radical (unpaired) electrons. The number of nitrogens with one attached hydrogen (secondary N) is 1. The van der Waals surface area contributed by atoms with Gasteiger partial charge in [0.2, 0.25) is 0 Å². The minimum atomic E-state index is -0.848. The van der Waals surface area contributed by atoms with Gasteiger partial charge in [0.1, 0.15) is 5.76 Å². The van der Waals surface area contributed by atoms with E-state index in [-0.39, 0.29) is 11.7 Å². The lowest BCUT2D eigenvalue weighted by Gasteiger charge is -2.14. The summed E-state index contributed by atoms with van der Waals surface area (Å²) >= 11 is 0. The highest BCUT2D eigenvalue weighted by Gasteiger charge is 2.11. The van der Waals surface area contributed by atoms with Gasteiger partial charge in [-0.1, -0.05) is 6.07 Å². The summed E-state index contributed by atoms with van der Waals surface area (Å²) in [6, 6.07) is 7.68. The SMILES string of the molecule is CC(Cc1ccco1)Nc1cccc(F)c1F. The highest BCUT2D eigenvalue weighted by molar-refractivity contribution is 5.45. The highest BCUT2D eigenvalue weighted by Crippen LogP contribution is 2.18. The van der Waals surface area contributed by atoms with Crippen molar-refractivity contribution < 1.29 is 13.2 Å². The van der Waals surface area contributed by atoms with E-state index >= 15 is 0 Å². The Hall–Kier alpha value is -1.84. The molecule has 1 unspecified atom stereocenters. The first-order valence-electron chi connectivity index (χ1n) is 5.39. The summed E-state index contributed by atoms with van der Waals surface area (Å²) in [4.78, 5) is 0. The average molecular weight is 237 g/mol. The molecule has 1 heterocycles. The third-order valence-corrected chi connectivity index (χ3v) is 2.44. The summed E-state index contributed by atoms with van der Waals surface area (Å²) in [5, 5.41) is 2.91. The van der Waals surface area contributed by atoms with Gasteiger partial charge in [0.05, 0.1) is 12.0 Å². The Kier molecular flexibility index (Phi) is 3.42. The van der Waals surface area contributed by atoms with Crippen molar-refractivity contribution in [3.8, 4) is 0 Å². The topological polar surface area (TPSA) is 25.2 Å². The minimum Gasteiger partial charge on any atom is -0.469 e. The molecule has 0 aliphatic carbocycles. The number of halogens is 2. The predicted octanol–water partition coefficient (Wildman–Crippen LogP) is 3.60. The van der Waals surface area contributed by atoms with Crippen molar-refractivity contribution in [3.63, 3.8) is 0 Å². The molecule has 1 aromatic carbocycles. The zero-order valence-electron chi connectivity index (χ0n) is 9.41. The van der Waals surface area contributed by atoms with Crippen LogP contribution in [0, 0.1) is 11.6 Å². The van der Waals surface area contributed by atoms with Crippen molar-refractivity contribution in [1.82, 2.24) is 0 Å². The summed E-state index contributed by atoms with van der Waals surface area (Å²) in [5.41, 5.74) is 0.170. The maximum Gasteiger partial charge on any atom is 0.181 e. The molecule has 2 rings (SSSR count). The van der Waals surface area contributed by atoms with Gasteiger partial charge in [0.15, 0.2) is 11.6 Å². The predicted molar refractivity (Wildman–Crippen MR) is 61.9 cm³/mol. The van der Waals surface area contributed by atoms with Crippen LogP contribution in [0.3, 0.4) is 0 Å². The van der Waals surface area contributed by atoms with Crippen LogP contribution in [0.15, 0.2) is 41.0 Å². The Morgan fingerprint density at radius 3 is 2.76 bits per heavy atom. The van der Waals surface area contributed by atoms with E-state index in [1.165, 1.54) is 12.1 Å². The number of hydrogen-bond donors (Lipinski definition) is 1. The van der Waals surface area contributed by atoms with Gasteiger partial charge in [-0.25, -0.2) is 8.78 Å². The molecule has 0 saturated carbocycles. The molecule has 1 aromatic heterocycles. The molecule has 0 aliphatic rings. The van der Waals surface area contributed by atoms with E-state index < -0.39 is 11.6 Å². The fraction of sp³-hybridized carbons (Fsp3) is 0.231. The van der Waals surface area contributed by atoms with Crippen LogP contribution in [0.5, 0.6) is 0 Å². The van der Waals surface area contributed by atoms with Gasteiger partial charge < -0.3 is 9.73 Å². The van der Waals surface area contributed by atoms with Crippen LogP contribution in [0.2, 0.25) is 0 Å². The summed E-state index contributed by atoms with van der Waals surface area (Å²) in [6.07, 6.45) is 2.20. The molecule has 0 saturated heterocycles. The quantitative estimate of drug-likeness (QED) is 0.878. The first kappa shape index (κ1) is 11.6. The lowest BCUT2D eigenvalue weighted by Crippen LogP contribution is -2.18. The molecule has 0 amide bonds. The molecule has 0 bridgehead atoms. The van der Waals surface area contributed by atoms with Crippen LogP contribution in [0.4, 0.5) is 14.5 Å². The van der Waals surface area contributed by atoms with Crippen LogP contribution < -0.4 is 5.32 Å². The molecule has 17 heavy (non-hydrogen) atoms. The fourth-order valence-corrected chi connectivity index (χ4v) is 1.66. The summed E-state index contributed by atoms with van der Waals surface area (Å²) in [6.45, 7) is 1.88. The maximum atomic E-state index is 13.4. The second-order valence-corrected chi connectivity index (χ2v) is 3.93. The molecule has 2 aromatic rings. The van der Waals surface area contributed by atoms with Crippen LogP contribution in [0.1, 0.15) is 12.7 Å². The van der Waals surface area contributed by atoms with Gasteiger partial charge >= 0.3 is 0 Å². The molecule has 1 atom stereocenters. The first-order valence-corrected chi connectivity index (χ1v) is 5.39. The van der Waals surface area contributed by atoms with Gasteiger partial charge in [-0.15, -0.1) is 0 Å². The van der Waals surface area contributed by atoms with E-state index in [2.05, 4.69) is 5.32 Å². The lowest BCUT2D eigenvalue weighted by molar-refractivity contribution is 0.493. The first-order chi connectivity index (χ1) is 8.16. The van der Waals surface area contributed by atoms with E-state index in [0.29, 0.717) is 6.42 Å². The smallest absolute Gasteiger partial charge is 0.181 e. The Morgan fingerprint density at radius 2 is 2.06 bits per heavy atom. The van der Waals surface area contributed by atoms with Gasteiger partial charge in [-0.3, -0.25) is 0 Å². The van der Waals surface area contributed by atoms with Gasteiger partial charge in [0, 0.05) is 12.5 Å². The number of hydrogen-bond acceptors (Lipinski definition) is 2. The van der Waals surface area contributed by atoms with Crippen LogP contribution in [-0.2, 0) is 6.42 Å². The lowest BCUT2D eigenvalue weighted by atomic mass is 10.2. The van der Waals surface area contributed by atoms with Crippen molar-refractivity contribution in [2.24, 2.45) is 0 Å². The molecular weight excluding hydrogens is 224 g/mol. The summed E-state index contributed by atoms with van der Waals surface area (Å²) < 4.78 is 31.5. The molecule has 2 nitrogen and oxygen atoms in total. The zero-order valence-corrected chi connectivity index (χ0v) is 9.41. The minimum absolute atomic E-state index is 0.0440. The Bertz CT molecular complexity index is 482. The number of rotatable bonds is 4. The van der Waals surface area contributed by atoms with Gasteiger partial charge in [0.25, 0.3) is 0 Å². The van der Waals surface area contributed by atoms with Crippen molar-refractivity contribution >= 4 is 5.69 Å². The summed E-state index contributed by atoms with van der Waals surface area (Å²) in [7, 11) is 0. The Labute approximate surface area is 98.3 Å². The van der Waals surface area contributed by atoms with Crippen molar-refractivity contribution in [2.45, 2.75) is 19.4 Å². The Morgan fingerprint density at radius 1 is 1.24 bits per heavy atom. The second kappa shape index (κ2) is 4.99. The third kappa shape index (κ3) is 2.84. The van der Waals surface area contributed by atoms with E-state index in [4.69, 9.17) is 4.42 Å². The molecule has 0 spiro atoms. The highest BCUT2D eigenvalue weighted by atomic mass is 19.2.